The van der Waals surface area contributed by atoms with Gasteiger partial charge >= 0.3 is 0 Å². The molecule has 0 spiro atoms. The monoisotopic (exact) mass is 270 g/mol. The number of hydrogen-bond donors (Lipinski definition) is 1. The summed E-state index contributed by atoms with van der Waals surface area (Å²) in [5, 5.41) is 14.1. The maximum absolute atomic E-state index is 10.9. The number of para-hydroxylation sites is 1. The van der Waals surface area contributed by atoms with Crippen LogP contribution in [0.4, 0.5) is 11.4 Å². The van der Waals surface area contributed by atoms with Gasteiger partial charge in [0, 0.05) is 12.6 Å². The number of halogens is 1. The molecule has 0 amide bonds. The Morgan fingerprint density at radius 3 is 3.00 bits per heavy atom. The molecule has 5 nitrogen and oxygen atoms in total. The van der Waals surface area contributed by atoms with Crippen molar-refractivity contribution in [1.82, 2.24) is 0 Å². The first-order valence-corrected chi connectivity index (χ1v) is 5.83. The van der Waals surface area contributed by atoms with E-state index in [1.54, 1.807) is 18.2 Å². The summed E-state index contributed by atoms with van der Waals surface area (Å²) in [5.74, 6) is 0. The molecule has 6 heteroatoms. The number of nitrogens with zero attached hydrogens (tertiary/aromatic N) is 1. The fourth-order valence-corrected chi connectivity index (χ4v) is 1.61. The number of nitro groups is 1. The van der Waals surface area contributed by atoms with Crippen molar-refractivity contribution >= 4 is 23.0 Å². The lowest BCUT2D eigenvalue weighted by Gasteiger charge is -2.14. The van der Waals surface area contributed by atoms with Gasteiger partial charge in [-0.25, -0.2) is 0 Å². The average Bonchev–Trinajstić information content (AvgIpc) is 2.34. The summed E-state index contributed by atoms with van der Waals surface area (Å²) in [6.45, 7) is 6.27. The minimum absolute atomic E-state index is 0.0431. The number of hydrogen-bond acceptors (Lipinski definition) is 4. The Hall–Kier alpha value is -1.59. The van der Waals surface area contributed by atoms with Crippen LogP contribution in [0.25, 0.3) is 0 Å². The molecule has 1 atom stereocenters. The van der Waals surface area contributed by atoms with Gasteiger partial charge in [0.05, 0.1) is 22.7 Å². The van der Waals surface area contributed by atoms with E-state index in [1.807, 2.05) is 6.92 Å². The topological polar surface area (TPSA) is 64.4 Å². The van der Waals surface area contributed by atoms with E-state index in [2.05, 4.69) is 11.9 Å². The summed E-state index contributed by atoms with van der Waals surface area (Å²) < 4.78 is 5.36. The minimum atomic E-state index is -0.469. The van der Waals surface area contributed by atoms with E-state index < -0.39 is 4.92 Å². The molecule has 0 aliphatic heterocycles. The molecule has 0 bridgehead atoms. The van der Waals surface area contributed by atoms with E-state index >= 15 is 0 Å². The van der Waals surface area contributed by atoms with Crippen LogP contribution in [-0.4, -0.2) is 24.2 Å². The highest BCUT2D eigenvalue weighted by molar-refractivity contribution is 6.33. The van der Waals surface area contributed by atoms with Gasteiger partial charge in [0.25, 0.3) is 5.69 Å². The van der Waals surface area contributed by atoms with Crippen LogP contribution in [0.15, 0.2) is 30.9 Å². The van der Waals surface area contributed by atoms with Gasteiger partial charge in [-0.1, -0.05) is 23.7 Å². The molecule has 1 aromatic carbocycles. The van der Waals surface area contributed by atoms with Crippen molar-refractivity contribution in [1.29, 1.82) is 0 Å². The van der Waals surface area contributed by atoms with Crippen LogP contribution in [0.2, 0.25) is 5.02 Å². The fourth-order valence-electron chi connectivity index (χ4n) is 1.38. The van der Waals surface area contributed by atoms with Crippen molar-refractivity contribution in [2.45, 2.75) is 13.0 Å². The first-order valence-electron chi connectivity index (χ1n) is 5.45. The van der Waals surface area contributed by atoms with Gasteiger partial charge in [-0.05, 0) is 13.0 Å². The maximum Gasteiger partial charge on any atom is 0.293 e. The Morgan fingerprint density at radius 1 is 1.67 bits per heavy atom. The number of nitrogens with one attached hydrogen (secondary N) is 1. The largest absolute Gasteiger partial charge is 0.376 e. The zero-order valence-electron chi connectivity index (χ0n) is 10.1. The smallest absolute Gasteiger partial charge is 0.293 e. The Morgan fingerprint density at radius 2 is 2.39 bits per heavy atom. The van der Waals surface area contributed by atoms with Crippen LogP contribution in [0.5, 0.6) is 0 Å². The van der Waals surface area contributed by atoms with Gasteiger partial charge in [-0.15, -0.1) is 6.58 Å². The van der Waals surface area contributed by atoms with Crippen LogP contribution in [-0.2, 0) is 4.74 Å². The van der Waals surface area contributed by atoms with Crippen LogP contribution >= 0.6 is 11.6 Å². The highest BCUT2D eigenvalue weighted by Gasteiger charge is 2.16. The lowest BCUT2D eigenvalue weighted by atomic mass is 10.2. The second-order valence-corrected chi connectivity index (χ2v) is 4.11. The molecule has 0 saturated heterocycles. The highest BCUT2D eigenvalue weighted by atomic mass is 35.5. The Labute approximate surface area is 111 Å². The number of rotatable bonds is 7. The quantitative estimate of drug-likeness (QED) is 0.469. The Bertz CT molecular complexity index is 437. The van der Waals surface area contributed by atoms with Crippen molar-refractivity contribution in [2.75, 3.05) is 18.5 Å². The second kappa shape index (κ2) is 6.98. The third-order valence-corrected chi connectivity index (χ3v) is 2.57. The third kappa shape index (κ3) is 4.01. The third-order valence-electron chi connectivity index (χ3n) is 2.25. The molecule has 0 saturated carbocycles. The Balaban J connectivity index is 2.71. The normalized spacial score (nSPS) is 11.9. The number of benzene rings is 1. The van der Waals surface area contributed by atoms with Gasteiger partial charge in [-0.3, -0.25) is 10.1 Å². The van der Waals surface area contributed by atoms with Crippen LogP contribution in [0, 0.1) is 10.1 Å². The molecule has 1 aromatic rings. The maximum atomic E-state index is 10.9. The van der Waals surface area contributed by atoms with Crippen molar-refractivity contribution < 1.29 is 9.66 Å². The van der Waals surface area contributed by atoms with Crippen molar-refractivity contribution in [3.8, 4) is 0 Å². The molecule has 0 heterocycles. The van der Waals surface area contributed by atoms with Crippen molar-refractivity contribution in [3.63, 3.8) is 0 Å². The fraction of sp³-hybridized carbons (Fsp3) is 0.333. The summed E-state index contributed by atoms with van der Waals surface area (Å²) in [4.78, 5) is 10.4. The van der Waals surface area contributed by atoms with Gasteiger partial charge in [0.2, 0.25) is 0 Å². The van der Waals surface area contributed by atoms with E-state index in [4.69, 9.17) is 16.3 Å². The molecule has 0 aliphatic carbocycles. The molecule has 0 aromatic heterocycles. The molecular weight excluding hydrogens is 256 g/mol. The van der Waals surface area contributed by atoms with Gasteiger partial charge in [0.15, 0.2) is 0 Å². The second-order valence-electron chi connectivity index (χ2n) is 3.70. The van der Waals surface area contributed by atoms with Crippen LogP contribution < -0.4 is 5.32 Å². The van der Waals surface area contributed by atoms with E-state index in [-0.39, 0.29) is 11.8 Å². The molecule has 1 N–H and O–H groups in total. The van der Waals surface area contributed by atoms with Crippen LogP contribution in [0.1, 0.15) is 6.92 Å². The van der Waals surface area contributed by atoms with E-state index in [0.29, 0.717) is 23.9 Å². The summed E-state index contributed by atoms with van der Waals surface area (Å²) in [5.41, 5.74) is 0.275. The number of ether oxygens (including phenoxy) is 1. The first kappa shape index (κ1) is 14.5. The summed E-state index contributed by atoms with van der Waals surface area (Å²) in [6, 6.07) is 4.55. The van der Waals surface area contributed by atoms with E-state index in [9.17, 15) is 10.1 Å². The standard InChI is InChI=1S/C12H15ClN2O3/c1-3-7-18-9(2)8-14-12-10(13)5-4-6-11(12)15(16)17/h3-6,9,14H,1,7-8H2,2H3. The molecule has 1 unspecified atom stereocenters. The van der Waals surface area contributed by atoms with Crippen LogP contribution in [0.3, 0.4) is 0 Å². The summed E-state index contributed by atoms with van der Waals surface area (Å²) in [7, 11) is 0. The molecule has 0 fully saturated rings. The predicted octanol–water partition coefficient (Wildman–Crippen LogP) is 3.25. The Kier molecular flexibility index (Phi) is 5.61. The SMILES string of the molecule is C=CCOC(C)CNc1c(Cl)cccc1[N+](=O)[O-]. The van der Waals surface area contributed by atoms with Crippen molar-refractivity contribution in [2.24, 2.45) is 0 Å². The molecule has 1 rings (SSSR count). The van der Waals surface area contributed by atoms with Crippen molar-refractivity contribution in [3.05, 3.63) is 46.0 Å². The first-order chi connectivity index (χ1) is 8.56. The highest BCUT2D eigenvalue weighted by Crippen LogP contribution is 2.31. The summed E-state index contributed by atoms with van der Waals surface area (Å²) in [6.07, 6.45) is 1.55. The lowest BCUT2D eigenvalue weighted by Crippen LogP contribution is -2.20. The lowest BCUT2D eigenvalue weighted by molar-refractivity contribution is -0.383. The van der Waals surface area contributed by atoms with E-state index in [1.165, 1.54) is 6.07 Å². The van der Waals surface area contributed by atoms with Gasteiger partial charge < -0.3 is 10.1 Å². The van der Waals surface area contributed by atoms with Gasteiger partial charge in [0.1, 0.15) is 5.69 Å². The molecule has 98 valence electrons. The average molecular weight is 271 g/mol. The van der Waals surface area contributed by atoms with Gasteiger partial charge in [-0.2, -0.15) is 0 Å². The zero-order chi connectivity index (χ0) is 13.5. The van der Waals surface area contributed by atoms with E-state index in [0.717, 1.165) is 0 Å². The predicted molar refractivity (Wildman–Crippen MR) is 72.2 cm³/mol. The summed E-state index contributed by atoms with van der Waals surface area (Å²) >= 11 is 5.94. The molecular formula is C12H15ClN2O3. The number of anilines is 1. The minimum Gasteiger partial charge on any atom is -0.376 e. The molecule has 0 aliphatic rings. The molecule has 18 heavy (non-hydrogen) atoms. The zero-order valence-corrected chi connectivity index (χ0v) is 10.8. The number of nitro benzene ring substituents is 1. The molecule has 0 radical (unpaired) electrons.